The van der Waals surface area contributed by atoms with Crippen LogP contribution in [0.5, 0.6) is 0 Å². The molecule has 100 valence electrons. The van der Waals surface area contributed by atoms with Crippen molar-refractivity contribution in [3.8, 4) is 0 Å². The summed E-state index contributed by atoms with van der Waals surface area (Å²) in [6.45, 7) is 4.37. The van der Waals surface area contributed by atoms with E-state index >= 15 is 0 Å². The molecule has 3 heteroatoms. The van der Waals surface area contributed by atoms with Gasteiger partial charge in [-0.3, -0.25) is 4.98 Å². The lowest BCUT2D eigenvalue weighted by molar-refractivity contribution is 0.507. The van der Waals surface area contributed by atoms with Crippen LogP contribution in [0.25, 0.3) is 0 Å². The Balaban J connectivity index is 2.31. The quantitative estimate of drug-likeness (QED) is 0.913. The Morgan fingerprint density at radius 3 is 2.37 bits per heavy atom. The molecule has 1 aromatic carbocycles. The third kappa shape index (κ3) is 3.23. The van der Waals surface area contributed by atoms with Crippen molar-refractivity contribution >= 4 is 15.9 Å². The molecule has 0 spiro atoms. The third-order valence-electron chi connectivity index (χ3n) is 3.58. The van der Waals surface area contributed by atoms with E-state index in [1.807, 2.05) is 19.4 Å². The molecule has 1 N–H and O–H groups in total. The molecule has 0 aliphatic rings. The number of rotatable bonds is 4. The van der Waals surface area contributed by atoms with Crippen LogP contribution in [0.15, 0.2) is 47.2 Å². The van der Waals surface area contributed by atoms with E-state index in [-0.39, 0.29) is 0 Å². The molecule has 0 saturated carbocycles. The van der Waals surface area contributed by atoms with Crippen LogP contribution in [0.3, 0.4) is 0 Å². The molecular weight excluding hydrogens is 300 g/mol. The normalized spacial score (nSPS) is 14.1. The summed E-state index contributed by atoms with van der Waals surface area (Å²) in [5.41, 5.74) is 3.88. The van der Waals surface area contributed by atoms with Gasteiger partial charge < -0.3 is 5.32 Å². The third-order valence-corrected chi connectivity index (χ3v) is 4.47. The number of aromatic nitrogens is 1. The number of hydrogen-bond donors (Lipinski definition) is 1. The summed E-state index contributed by atoms with van der Waals surface area (Å²) in [5.74, 6) is 0.397. The fourth-order valence-corrected chi connectivity index (χ4v) is 2.67. The van der Waals surface area contributed by atoms with Crippen molar-refractivity contribution in [3.63, 3.8) is 0 Å². The van der Waals surface area contributed by atoms with E-state index in [2.05, 4.69) is 70.4 Å². The number of likely N-dealkylation sites (N-methyl/N-ethyl adjacent to an activating group) is 1. The molecule has 2 nitrogen and oxygen atoms in total. The van der Waals surface area contributed by atoms with Gasteiger partial charge >= 0.3 is 0 Å². The van der Waals surface area contributed by atoms with E-state index in [1.54, 1.807) is 0 Å². The average Bonchev–Trinajstić information content (AvgIpc) is 2.44. The molecule has 0 saturated heterocycles. The number of benzene rings is 1. The van der Waals surface area contributed by atoms with Gasteiger partial charge in [-0.25, -0.2) is 0 Å². The number of nitrogens with zero attached hydrogens (tertiary/aromatic N) is 1. The molecule has 2 aromatic rings. The molecule has 0 bridgehead atoms. The van der Waals surface area contributed by atoms with Crippen molar-refractivity contribution < 1.29 is 0 Å². The minimum atomic E-state index is 0.300. The summed E-state index contributed by atoms with van der Waals surface area (Å²) in [5, 5.41) is 3.43. The maximum Gasteiger partial charge on any atom is 0.0384 e. The summed E-state index contributed by atoms with van der Waals surface area (Å²) in [6.07, 6.45) is 3.71. The Hall–Kier alpha value is -1.19. The molecule has 19 heavy (non-hydrogen) atoms. The van der Waals surface area contributed by atoms with Crippen molar-refractivity contribution in [3.05, 3.63) is 63.9 Å². The molecule has 0 aliphatic carbocycles. The van der Waals surface area contributed by atoms with Gasteiger partial charge in [0.15, 0.2) is 0 Å². The highest BCUT2D eigenvalue weighted by atomic mass is 79.9. The number of pyridine rings is 1. The zero-order valence-corrected chi connectivity index (χ0v) is 13.1. The molecule has 2 atom stereocenters. The van der Waals surface area contributed by atoms with Gasteiger partial charge in [0.2, 0.25) is 0 Å². The van der Waals surface area contributed by atoms with E-state index in [1.165, 1.54) is 16.7 Å². The van der Waals surface area contributed by atoms with Crippen LogP contribution >= 0.6 is 15.9 Å². The first-order valence-electron chi connectivity index (χ1n) is 6.46. The van der Waals surface area contributed by atoms with Crippen molar-refractivity contribution in [2.45, 2.75) is 25.8 Å². The minimum absolute atomic E-state index is 0.300. The summed E-state index contributed by atoms with van der Waals surface area (Å²) < 4.78 is 1.16. The van der Waals surface area contributed by atoms with Gasteiger partial charge in [0.1, 0.15) is 0 Å². The lowest BCUT2D eigenvalue weighted by Crippen LogP contribution is -2.22. The summed E-state index contributed by atoms with van der Waals surface area (Å²) in [6, 6.07) is 11.0. The topological polar surface area (TPSA) is 24.9 Å². The molecule has 1 aromatic heterocycles. The van der Waals surface area contributed by atoms with Gasteiger partial charge in [-0.15, -0.1) is 0 Å². The molecule has 0 amide bonds. The highest BCUT2D eigenvalue weighted by Crippen LogP contribution is 2.31. The highest BCUT2D eigenvalue weighted by Gasteiger charge is 2.19. The van der Waals surface area contributed by atoms with E-state index in [9.17, 15) is 0 Å². The van der Waals surface area contributed by atoms with Gasteiger partial charge in [0.25, 0.3) is 0 Å². The van der Waals surface area contributed by atoms with E-state index in [0.717, 1.165) is 4.47 Å². The smallest absolute Gasteiger partial charge is 0.0384 e. The Morgan fingerprint density at radius 2 is 1.79 bits per heavy atom. The van der Waals surface area contributed by atoms with Crippen molar-refractivity contribution in [1.29, 1.82) is 0 Å². The maximum absolute atomic E-state index is 4.08. The summed E-state index contributed by atoms with van der Waals surface area (Å²) in [7, 11) is 2.01. The van der Waals surface area contributed by atoms with Crippen LogP contribution < -0.4 is 5.32 Å². The van der Waals surface area contributed by atoms with Gasteiger partial charge in [0.05, 0.1) is 0 Å². The lowest BCUT2D eigenvalue weighted by atomic mass is 9.88. The molecule has 2 rings (SSSR count). The standard InChI is InChI=1S/C16H19BrN2/c1-11-10-14(4-5-15(11)17)16(18-3)12(2)13-6-8-19-9-7-13/h4-10,12,16,18H,1-3H3. The first-order chi connectivity index (χ1) is 9.13. The largest absolute Gasteiger partial charge is 0.312 e. The molecular formula is C16H19BrN2. The van der Waals surface area contributed by atoms with Crippen molar-refractivity contribution in [2.24, 2.45) is 0 Å². The molecule has 0 aliphatic heterocycles. The molecule has 0 radical (unpaired) electrons. The monoisotopic (exact) mass is 318 g/mol. The van der Waals surface area contributed by atoms with Crippen molar-refractivity contribution in [1.82, 2.24) is 10.3 Å². The number of aryl methyl sites for hydroxylation is 1. The minimum Gasteiger partial charge on any atom is -0.312 e. The zero-order valence-electron chi connectivity index (χ0n) is 11.5. The maximum atomic E-state index is 4.08. The highest BCUT2D eigenvalue weighted by molar-refractivity contribution is 9.10. The summed E-state index contributed by atoms with van der Waals surface area (Å²) in [4.78, 5) is 4.08. The number of nitrogens with one attached hydrogen (secondary N) is 1. The lowest BCUT2D eigenvalue weighted by Gasteiger charge is -2.25. The van der Waals surface area contributed by atoms with Crippen molar-refractivity contribution in [2.75, 3.05) is 7.05 Å². The van der Waals surface area contributed by atoms with Gasteiger partial charge in [-0.1, -0.05) is 35.0 Å². The van der Waals surface area contributed by atoms with Crippen LogP contribution in [0.1, 0.15) is 35.6 Å². The first-order valence-corrected chi connectivity index (χ1v) is 7.26. The van der Waals surface area contributed by atoms with Gasteiger partial charge in [-0.05, 0) is 48.9 Å². The zero-order chi connectivity index (χ0) is 13.8. The van der Waals surface area contributed by atoms with Crippen LogP contribution in [0.4, 0.5) is 0 Å². The second-order valence-corrected chi connectivity index (χ2v) is 5.70. The molecule has 1 heterocycles. The Labute approximate surface area is 123 Å². The van der Waals surface area contributed by atoms with E-state index < -0.39 is 0 Å². The average molecular weight is 319 g/mol. The SMILES string of the molecule is CNC(c1ccc(Br)c(C)c1)C(C)c1ccncc1. The van der Waals surface area contributed by atoms with E-state index in [4.69, 9.17) is 0 Å². The Morgan fingerprint density at radius 1 is 1.11 bits per heavy atom. The second-order valence-electron chi connectivity index (χ2n) is 4.84. The van der Waals surface area contributed by atoms with Crippen LogP contribution in [0, 0.1) is 6.92 Å². The Kier molecular flexibility index (Phi) is 4.72. The Bertz CT molecular complexity index is 540. The second kappa shape index (κ2) is 6.31. The fraction of sp³-hybridized carbons (Fsp3) is 0.312. The van der Waals surface area contributed by atoms with E-state index in [0.29, 0.717) is 12.0 Å². The van der Waals surface area contributed by atoms with Crippen LogP contribution in [0.2, 0.25) is 0 Å². The number of hydrogen-bond acceptors (Lipinski definition) is 2. The first kappa shape index (κ1) is 14.2. The van der Waals surface area contributed by atoms with Gasteiger partial charge in [0, 0.05) is 28.8 Å². The molecule has 2 unspecified atom stereocenters. The number of halogens is 1. The fourth-order valence-electron chi connectivity index (χ4n) is 2.43. The predicted molar refractivity (Wildman–Crippen MR) is 83.3 cm³/mol. The van der Waals surface area contributed by atoms with Gasteiger partial charge in [-0.2, -0.15) is 0 Å². The predicted octanol–water partition coefficient (Wildman–Crippen LogP) is 4.22. The van der Waals surface area contributed by atoms with Crippen LogP contribution in [-0.2, 0) is 0 Å². The molecule has 0 fully saturated rings. The van der Waals surface area contributed by atoms with Crippen LogP contribution in [-0.4, -0.2) is 12.0 Å². The summed E-state index contributed by atoms with van der Waals surface area (Å²) >= 11 is 3.55.